The number of nitrogen functional groups attached to an aromatic ring is 1. The monoisotopic (exact) mass is 256 g/mol. The van der Waals surface area contributed by atoms with Gasteiger partial charge in [0.15, 0.2) is 6.23 Å². The zero-order valence-corrected chi connectivity index (χ0v) is 9.85. The zero-order chi connectivity index (χ0) is 13.4. The predicted molar refractivity (Wildman–Crippen MR) is 62.6 cm³/mol. The van der Waals surface area contributed by atoms with Crippen molar-refractivity contribution in [2.45, 2.75) is 31.4 Å². The highest BCUT2D eigenvalue weighted by atomic mass is 16.5. The molecule has 0 spiro atoms. The van der Waals surface area contributed by atoms with E-state index in [1.165, 1.54) is 10.8 Å². The van der Waals surface area contributed by atoms with Crippen LogP contribution >= 0.6 is 0 Å². The molecule has 1 aliphatic heterocycles. The Kier molecular flexibility index (Phi) is 3.35. The van der Waals surface area contributed by atoms with Gasteiger partial charge in [-0.3, -0.25) is 4.57 Å². The standard InChI is InChI=1S/C10H16N4O4/c1-4-2-14(10(17)13-8(4)12)9-6(11)7(16)5(3-15)18-9/h2,5-7,9,15-16H,3,11H2,1H3,(H2,12,13,17)/t5-,6-,7-,9-/m1/s1. The number of aliphatic hydroxyl groups excluding tert-OH is 2. The summed E-state index contributed by atoms with van der Waals surface area (Å²) in [5.74, 6) is 0.141. The van der Waals surface area contributed by atoms with Gasteiger partial charge in [0.2, 0.25) is 0 Å². The number of nitrogens with two attached hydrogens (primary N) is 2. The molecular weight excluding hydrogens is 240 g/mol. The summed E-state index contributed by atoms with van der Waals surface area (Å²) in [7, 11) is 0. The first-order chi connectivity index (χ1) is 8.45. The van der Waals surface area contributed by atoms with Crippen molar-refractivity contribution in [1.82, 2.24) is 9.55 Å². The molecule has 1 saturated heterocycles. The van der Waals surface area contributed by atoms with Gasteiger partial charge in [0.25, 0.3) is 0 Å². The molecule has 0 saturated carbocycles. The number of hydrogen-bond acceptors (Lipinski definition) is 7. The second-order valence-electron chi connectivity index (χ2n) is 4.31. The molecule has 1 fully saturated rings. The average molecular weight is 256 g/mol. The third-order valence-electron chi connectivity index (χ3n) is 3.05. The Morgan fingerprint density at radius 3 is 2.83 bits per heavy atom. The Hall–Kier alpha value is -1.48. The molecule has 0 amide bonds. The van der Waals surface area contributed by atoms with Crippen LogP contribution in [-0.4, -0.2) is 44.6 Å². The smallest absolute Gasteiger partial charge is 0.351 e. The number of aromatic nitrogens is 2. The van der Waals surface area contributed by atoms with Crippen molar-refractivity contribution in [3.63, 3.8) is 0 Å². The molecule has 100 valence electrons. The maximum atomic E-state index is 11.7. The molecule has 4 atom stereocenters. The highest BCUT2D eigenvalue weighted by Gasteiger charge is 2.42. The highest BCUT2D eigenvalue weighted by Crippen LogP contribution is 2.26. The lowest BCUT2D eigenvalue weighted by atomic mass is 10.1. The molecule has 6 N–H and O–H groups in total. The molecule has 2 rings (SSSR count). The molecule has 2 heterocycles. The van der Waals surface area contributed by atoms with E-state index in [0.717, 1.165) is 0 Å². The molecule has 1 aromatic rings. The molecule has 0 unspecified atom stereocenters. The summed E-state index contributed by atoms with van der Waals surface area (Å²) in [6, 6.07) is -0.815. The van der Waals surface area contributed by atoms with Crippen LogP contribution in [0.25, 0.3) is 0 Å². The van der Waals surface area contributed by atoms with Crippen LogP contribution in [0.5, 0.6) is 0 Å². The van der Waals surface area contributed by atoms with Gasteiger partial charge in [-0.05, 0) is 6.92 Å². The van der Waals surface area contributed by atoms with Crippen molar-refractivity contribution in [2.24, 2.45) is 5.73 Å². The average Bonchev–Trinajstić information content (AvgIpc) is 2.61. The van der Waals surface area contributed by atoms with E-state index in [1.54, 1.807) is 6.92 Å². The number of hydrogen-bond donors (Lipinski definition) is 4. The summed E-state index contributed by atoms with van der Waals surface area (Å²) in [6.07, 6.45) is -1.24. The molecule has 0 radical (unpaired) electrons. The largest absolute Gasteiger partial charge is 0.394 e. The van der Waals surface area contributed by atoms with Crippen LogP contribution < -0.4 is 17.2 Å². The minimum atomic E-state index is -1.04. The minimum absolute atomic E-state index is 0.141. The second kappa shape index (κ2) is 4.65. The fraction of sp³-hybridized carbons (Fsp3) is 0.600. The van der Waals surface area contributed by atoms with Gasteiger partial charge >= 0.3 is 5.69 Å². The number of nitrogens with zero attached hydrogens (tertiary/aromatic N) is 2. The van der Waals surface area contributed by atoms with E-state index < -0.39 is 30.2 Å². The van der Waals surface area contributed by atoms with Gasteiger partial charge < -0.3 is 26.4 Å². The first kappa shape index (κ1) is 13.0. The summed E-state index contributed by atoms with van der Waals surface area (Å²) in [5.41, 5.74) is 11.3. The van der Waals surface area contributed by atoms with Crippen molar-refractivity contribution < 1.29 is 14.9 Å². The number of ether oxygens (including phenoxy) is 1. The van der Waals surface area contributed by atoms with Gasteiger partial charge in [0, 0.05) is 11.8 Å². The Morgan fingerprint density at radius 2 is 2.28 bits per heavy atom. The third kappa shape index (κ3) is 1.99. The fourth-order valence-corrected chi connectivity index (χ4v) is 1.93. The normalized spacial score (nSPS) is 31.8. The van der Waals surface area contributed by atoms with Gasteiger partial charge in [-0.15, -0.1) is 0 Å². The quantitative estimate of drug-likeness (QED) is 0.467. The van der Waals surface area contributed by atoms with Crippen molar-refractivity contribution >= 4 is 5.82 Å². The molecule has 18 heavy (non-hydrogen) atoms. The summed E-state index contributed by atoms with van der Waals surface area (Å²) in [4.78, 5) is 15.4. The molecule has 8 nitrogen and oxygen atoms in total. The van der Waals surface area contributed by atoms with Crippen LogP contribution in [0.4, 0.5) is 5.82 Å². The Labute approximate surface area is 103 Å². The SMILES string of the molecule is Cc1cn([C@@H]2O[C@H](CO)[C@@H](O)[C@H]2N)c(=O)nc1N. The maximum Gasteiger partial charge on any atom is 0.351 e. The van der Waals surface area contributed by atoms with Gasteiger partial charge in [0.1, 0.15) is 18.0 Å². The van der Waals surface area contributed by atoms with Crippen molar-refractivity contribution in [1.29, 1.82) is 0 Å². The van der Waals surface area contributed by atoms with E-state index in [9.17, 15) is 9.90 Å². The van der Waals surface area contributed by atoms with E-state index in [0.29, 0.717) is 5.56 Å². The Balaban J connectivity index is 2.39. The fourth-order valence-electron chi connectivity index (χ4n) is 1.93. The van der Waals surface area contributed by atoms with Crippen LogP contribution in [-0.2, 0) is 4.74 Å². The molecule has 1 aromatic heterocycles. The number of aryl methyl sites for hydroxylation is 1. The van der Waals surface area contributed by atoms with Gasteiger partial charge in [-0.1, -0.05) is 0 Å². The molecule has 0 aliphatic carbocycles. The lowest BCUT2D eigenvalue weighted by molar-refractivity contribution is -0.0464. The summed E-state index contributed by atoms with van der Waals surface area (Å²) < 4.78 is 6.53. The number of rotatable bonds is 2. The van der Waals surface area contributed by atoms with Crippen LogP contribution in [0.2, 0.25) is 0 Å². The first-order valence-electron chi connectivity index (χ1n) is 5.51. The lowest BCUT2D eigenvalue weighted by Crippen LogP contribution is -2.42. The number of aliphatic hydroxyl groups is 2. The Bertz CT molecular complexity index is 503. The first-order valence-corrected chi connectivity index (χ1v) is 5.51. The van der Waals surface area contributed by atoms with Crippen LogP contribution in [0.15, 0.2) is 11.0 Å². The van der Waals surface area contributed by atoms with E-state index in [1.807, 2.05) is 0 Å². The summed E-state index contributed by atoms with van der Waals surface area (Å²) in [5, 5.41) is 18.8. The predicted octanol–water partition coefficient (Wildman–Crippen LogP) is -2.29. The van der Waals surface area contributed by atoms with E-state index in [2.05, 4.69) is 4.98 Å². The van der Waals surface area contributed by atoms with Crippen molar-refractivity contribution in [3.05, 3.63) is 22.2 Å². The topological polar surface area (TPSA) is 137 Å². The van der Waals surface area contributed by atoms with Crippen molar-refractivity contribution in [2.75, 3.05) is 12.3 Å². The highest BCUT2D eigenvalue weighted by molar-refractivity contribution is 5.35. The Morgan fingerprint density at radius 1 is 1.61 bits per heavy atom. The molecule has 0 bridgehead atoms. The minimum Gasteiger partial charge on any atom is -0.394 e. The van der Waals surface area contributed by atoms with E-state index >= 15 is 0 Å². The van der Waals surface area contributed by atoms with Gasteiger partial charge in [-0.25, -0.2) is 4.79 Å². The molecular formula is C10H16N4O4. The van der Waals surface area contributed by atoms with Crippen LogP contribution in [0.1, 0.15) is 11.8 Å². The molecule has 8 heteroatoms. The third-order valence-corrected chi connectivity index (χ3v) is 3.05. The second-order valence-corrected chi connectivity index (χ2v) is 4.31. The zero-order valence-electron chi connectivity index (χ0n) is 9.85. The van der Waals surface area contributed by atoms with Crippen LogP contribution in [0, 0.1) is 6.92 Å². The van der Waals surface area contributed by atoms with Gasteiger partial charge in [0.05, 0.1) is 12.6 Å². The summed E-state index contributed by atoms with van der Waals surface area (Å²) >= 11 is 0. The number of anilines is 1. The lowest BCUT2D eigenvalue weighted by Gasteiger charge is -2.18. The van der Waals surface area contributed by atoms with Crippen molar-refractivity contribution in [3.8, 4) is 0 Å². The molecule has 0 aromatic carbocycles. The summed E-state index contributed by atoms with van der Waals surface area (Å²) in [6.45, 7) is 1.32. The molecule has 1 aliphatic rings. The van der Waals surface area contributed by atoms with Crippen LogP contribution in [0.3, 0.4) is 0 Å². The van der Waals surface area contributed by atoms with Gasteiger partial charge in [-0.2, -0.15) is 4.98 Å². The van der Waals surface area contributed by atoms with E-state index in [4.69, 9.17) is 21.3 Å². The maximum absolute atomic E-state index is 11.7. The van der Waals surface area contributed by atoms with E-state index in [-0.39, 0.29) is 12.4 Å².